The summed E-state index contributed by atoms with van der Waals surface area (Å²) in [4.78, 5) is 7.20. The van der Waals surface area contributed by atoms with Crippen LogP contribution in [-0.4, -0.2) is 49.6 Å². The molecule has 2 N–H and O–H groups in total. The molecule has 0 spiro atoms. The van der Waals surface area contributed by atoms with Crippen molar-refractivity contribution in [2.24, 2.45) is 4.99 Å². The first-order valence-electron chi connectivity index (χ1n) is 9.33. The normalized spacial score (nSPS) is 16.6. The van der Waals surface area contributed by atoms with Gasteiger partial charge < -0.3 is 10.6 Å². The van der Waals surface area contributed by atoms with Crippen molar-refractivity contribution in [2.45, 2.75) is 38.6 Å². The molecule has 25 heavy (non-hydrogen) atoms. The van der Waals surface area contributed by atoms with Gasteiger partial charge in [-0.3, -0.25) is 9.89 Å². The lowest BCUT2D eigenvalue weighted by atomic mass is 10.1. The number of aryl methyl sites for hydroxylation is 1. The number of guanidine groups is 1. The summed E-state index contributed by atoms with van der Waals surface area (Å²) in [6.07, 6.45) is 6.43. The maximum Gasteiger partial charge on any atom is 0.191 e. The van der Waals surface area contributed by atoms with Crippen molar-refractivity contribution in [3.05, 3.63) is 47.0 Å². The van der Waals surface area contributed by atoms with Crippen LogP contribution < -0.4 is 10.6 Å². The lowest BCUT2D eigenvalue weighted by molar-refractivity contribution is 0.225. The average molecular weight is 407 g/mol. The molecule has 1 saturated heterocycles. The lowest BCUT2D eigenvalue weighted by Crippen LogP contribution is -2.48. The zero-order chi connectivity index (χ0) is 17.9. The van der Waals surface area contributed by atoms with Crippen LogP contribution in [0.25, 0.3) is 0 Å². The fourth-order valence-corrected chi connectivity index (χ4v) is 3.57. The SMILES string of the molecule is C=CCN1CCC(NC(=NCCCc2cccc(Br)c2)NCC)CC1. The lowest BCUT2D eigenvalue weighted by Gasteiger charge is -2.32. The number of likely N-dealkylation sites (tertiary alicyclic amines) is 1. The van der Waals surface area contributed by atoms with Crippen molar-refractivity contribution in [3.63, 3.8) is 0 Å². The minimum atomic E-state index is 0.518. The molecule has 1 aromatic carbocycles. The van der Waals surface area contributed by atoms with E-state index in [-0.39, 0.29) is 0 Å². The molecule has 1 fully saturated rings. The predicted octanol–water partition coefficient (Wildman–Crippen LogP) is 3.59. The van der Waals surface area contributed by atoms with Crippen LogP contribution >= 0.6 is 15.9 Å². The highest BCUT2D eigenvalue weighted by atomic mass is 79.9. The van der Waals surface area contributed by atoms with E-state index in [1.165, 1.54) is 5.56 Å². The summed E-state index contributed by atoms with van der Waals surface area (Å²) in [6.45, 7) is 10.9. The molecule has 0 radical (unpaired) electrons. The number of aliphatic imine (C=N–C) groups is 1. The van der Waals surface area contributed by atoms with E-state index in [1.807, 2.05) is 6.08 Å². The topological polar surface area (TPSA) is 39.7 Å². The summed E-state index contributed by atoms with van der Waals surface area (Å²) < 4.78 is 1.14. The van der Waals surface area contributed by atoms with Crippen molar-refractivity contribution >= 4 is 21.9 Å². The van der Waals surface area contributed by atoms with Crippen molar-refractivity contribution in [2.75, 3.05) is 32.7 Å². The molecule has 1 aliphatic rings. The van der Waals surface area contributed by atoms with Gasteiger partial charge in [0.05, 0.1) is 0 Å². The smallest absolute Gasteiger partial charge is 0.191 e. The molecule has 0 bridgehead atoms. The molecular formula is C20H31BrN4. The Kier molecular flexibility index (Phi) is 9.05. The van der Waals surface area contributed by atoms with E-state index in [2.05, 4.69) is 69.2 Å². The van der Waals surface area contributed by atoms with E-state index >= 15 is 0 Å². The van der Waals surface area contributed by atoms with Crippen LogP contribution in [0.15, 0.2) is 46.4 Å². The van der Waals surface area contributed by atoms with Gasteiger partial charge in [0.2, 0.25) is 0 Å². The fourth-order valence-electron chi connectivity index (χ4n) is 3.12. The van der Waals surface area contributed by atoms with Crippen LogP contribution in [0.2, 0.25) is 0 Å². The zero-order valence-electron chi connectivity index (χ0n) is 15.3. The Balaban J connectivity index is 1.75. The minimum Gasteiger partial charge on any atom is -0.357 e. The Labute approximate surface area is 160 Å². The number of nitrogens with one attached hydrogen (secondary N) is 2. The van der Waals surface area contributed by atoms with Gasteiger partial charge in [-0.1, -0.05) is 34.1 Å². The average Bonchev–Trinajstić information content (AvgIpc) is 2.61. The number of hydrogen-bond acceptors (Lipinski definition) is 2. The number of nitrogens with zero attached hydrogens (tertiary/aromatic N) is 2. The van der Waals surface area contributed by atoms with Crippen LogP contribution in [-0.2, 0) is 6.42 Å². The van der Waals surface area contributed by atoms with Crippen LogP contribution in [0.3, 0.4) is 0 Å². The van der Waals surface area contributed by atoms with Crippen molar-refractivity contribution in [3.8, 4) is 0 Å². The number of hydrogen-bond donors (Lipinski definition) is 2. The summed E-state index contributed by atoms with van der Waals surface area (Å²) in [6, 6.07) is 9.03. The van der Waals surface area contributed by atoms with Gasteiger partial charge in [-0.2, -0.15) is 0 Å². The van der Waals surface area contributed by atoms with E-state index in [1.54, 1.807) is 0 Å². The van der Waals surface area contributed by atoms with Gasteiger partial charge in [-0.15, -0.1) is 6.58 Å². The summed E-state index contributed by atoms with van der Waals surface area (Å²) in [5.41, 5.74) is 1.36. The first-order valence-corrected chi connectivity index (χ1v) is 10.1. The van der Waals surface area contributed by atoms with Gasteiger partial charge in [0.1, 0.15) is 0 Å². The van der Waals surface area contributed by atoms with Gasteiger partial charge in [-0.05, 0) is 50.3 Å². The molecule has 0 saturated carbocycles. The van der Waals surface area contributed by atoms with Gasteiger partial charge >= 0.3 is 0 Å². The second-order valence-electron chi connectivity index (χ2n) is 6.50. The molecule has 4 nitrogen and oxygen atoms in total. The molecular weight excluding hydrogens is 376 g/mol. The molecule has 1 heterocycles. The molecule has 1 aromatic rings. The summed E-state index contributed by atoms with van der Waals surface area (Å²) >= 11 is 3.53. The van der Waals surface area contributed by atoms with Crippen LogP contribution in [0.4, 0.5) is 0 Å². The van der Waals surface area contributed by atoms with Crippen LogP contribution in [0.1, 0.15) is 31.7 Å². The van der Waals surface area contributed by atoms with E-state index in [0.29, 0.717) is 6.04 Å². The Bertz CT molecular complexity index is 550. The predicted molar refractivity (Wildman–Crippen MR) is 111 cm³/mol. The Morgan fingerprint density at radius 3 is 2.88 bits per heavy atom. The van der Waals surface area contributed by atoms with E-state index in [9.17, 15) is 0 Å². The number of benzene rings is 1. The maximum atomic E-state index is 4.75. The molecule has 0 aromatic heterocycles. The standard InChI is InChI=1S/C20H31BrN4/c1-3-13-25-14-10-19(11-15-25)24-20(22-4-2)23-12-6-8-17-7-5-9-18(21)16-17/h3,5,7,9,16,19H,1,4,6,8,10-15H2,2H3,(H2,22,23,24). The van der Waals surface area contributed by atoms with Gasteiger partial charge in [-0.25, -0.2) is 0 Å². The van der Waals surface area contributed by atoms with E-state index in [0.717, 1.165) is 68.8 Å². The molecule has 5 heteroatoms. The van der Waals surface area contributed by atoms with Crippen LogP contribution in [0.5, 0.6) is 0 Å². The minimum absolute atomic E-state index is 0.518. The Morgan fingerprint density at radius 2 is 2.20 bits per heavy atom. The van der Waals surface area contributed by atoms with Crippen molar-refractivity contribution in [1.82, 2.24) is 15.5 Å². The largest absolute Gasteiger partial charge is 0.357 e. The number of piperidine rings is 1. The summed E-state index contributed by atoms with van der Waals surface area (Å²) in [7, 11) is 0. The molecule has 0 amide bonds. The van der Waals surface area contributed by atoms with E-state index < -0.39 is 0 Å². The fraction of sp³-hybridized carbons (Fsp3) is 0.550. The molecule has 1 aliphatic heterocycles. The first-order chi connectivity index (χ1) is 12.2. The molecule has 0 aliphatic carbocycles. The first kappa shape index (κ1) is 20.0. The monoisotopic (exact) mass is 406 g/mol. The van der Waals surface area contributed by atoms with Gasteiger partial charge in [0.15, 0.2) is 5.96 Å². The highest BCUT2D eigenvalue weighted by Crippen LogP contribution is 2.13. The van der Waals surface area contributed by atoms with Gasteiger partial charge in [0.25, 0.3) is 0 Å². The second-order valence-corrected chi connectivity index (χ2v) is 7.42. The zero-order valence-corrected chi connectivity index (χ0v) is 16.9. The summed E-state index contributed by atoms with van der Waals surface area (Å²) in [5, 5.41) is 6.98. The highest BCUT2D eigenvalue weighted by molar-refractivity contribution is 9.10. The second kappa shape index (κ2) is 11.3. The number of halogens is 1. The van der Waals surface area contributed by atoms with E-state index in [4.69, 9.17) is 4.99 Å². The Hall–Kier alpha value is -1.33. The Morgan fingerprint density at radius 1 is 1.40 bits per heavy atom. The van der Waals surface area contributed by atoms with Crippen LogP contribution in [0, 0.1) is 0 Å². The third-order valence-corrected chi connectivity index (χ3v) is 4.94. The van der Waals surface area contributed by atoms with Gasteiger partial charge in [0, 0.05) is 43.2 Å². The third kappa shape index (κ3) is 7.61. The van der Waals surface area contributed by atoms with Crippen molar-refractivity contribution in [1.29, 1.82) is 0 Å². The summed E-state index contributed by atoms with van der Waals surface area (Å²) in [5.74, 6) is 0.957. The molecule has 0 unspecified atom stereocenters. The third-order valence-electron chi connectivity index (χ3n) is 4.44. The molecule has 0 atom stereocenters. The highest BCUT2D eigenvalue weighted by Gasteiger charge is 2.18. The molecule has 138 valence electrons. The maximum absolute atomic E-state index is 4.75. The quantitative estimate of drug-likeness (QED) is 0.300. The molecule has 2 rings (SSSR count). The number of rotatable bonds is 8. The van der Waals surface area contributed by atoms with Crippen molar-refractivity contribution < 1.29 is 0 Å².